The topological polar surface area (TPSA) is 112 Å². The van der Waals surface area contributed by atoms with Crippen LogP contribution in [-0.4, -0.2) is 83.5 Å². The van der Waals surface area contributed by atoms with Gasteiger partial charge < -0.3 is 24.5 Å². The predicted octanol–water partition coefficient (Wildman–Crippen LogP) is 3.09. The Balaban J connectivity index is 1.75. The van der Waals surface area contributed by atoms with Crippen molar-refractivity contribution in [1.29, 1.82) is 0 Å². The lowest BCUT2D eigenvalue weighted by Crippen LogP contribution is -2.39. The molecule has 4 rings (SSSR count). The molecule has 0 bridgehead atoms. The monoisotopic (exact) mass is 513 g/mol. The van der Waals surface area contributed by atoms with Crippen molar-refractivity contribution in [2.75, 3.05) is 46.0 Å². The first-order valence-corrected chi connectivity index (χ1v) is 12.5. The van der Waals surface area contributed by atoms with E-state index in [1.54, 1.807) is 26.8 Å². The van der Waals surface area contributed by atoms with E-state index in [1.165, 1.54) is 23.1 Å². The molecule has 1 aromatic heterocycles. The Morgan fingerprint density at radius 1 is 1.19 bits per heavy atom. The van der Waals surface area contributed by atoms with Crippen LogP contribution in [0.5, 0.6) is 0 Å². The van der Waals surface area contributed by atoms with Crippen LogP contribution in [0.4, 0.5) is 4.39 Å². The van der Waals surface area contributed by atoms with Gasteiger partial charge >= 0.3 is 5.97 Å². The summed E-state index contributed by atoms with van der Waals surface area (Å²) in [4.78, 5) is 45.3. The maximum Gasteiger partial charge on any atom is 0.355 e. The molecular formula is C27H32FN3O6. The number of halogens is 1. The summed E-state index contributed by atoms with van der Waals surface area (Å²) in [6.07, 6.45) is 0.563. The summed E-state index contributed by atoms with van der Waals surface area (Å²) in [5, 5.41) is 11.4. The molecule has 9 nitrogen and oxygen atoms in total. The van der Waals surface area contributed by atoms with Gasteiger partial charge in [0.1, 0.15) is 17.3 Å². The molecule has 1 aromatic carbocycles. The first-order chi connectivity index (χ1) is 17.8. The second kappa shape index (κ2) is 11.3. The number of Topliss-reactive ketones (excluding diaryl/α,β-unsaturated/α-hetero) is 1. The van der Waals surface area contributed by atoms with Crippen LogP contribution < -0.4 is 0 Å². The fourth-order valence-electron chi connectivity index (χ4n) is 5.07. The predicted molar refractivity (Wildman–Crippen MR) is 134 cm³/mol. The van der Waals surface area contributed by atoms with E-state index >= 15 is 4.39 Å². The zero-order valence-electron chi connectivity index (χ0n) is 21.3. The van der Waals surface area contributed by atoms with Crippen LogP contribution in [0.25, 0.3) is 5.76 Å². The number of ketones is 1. The highest BCUT2D eigenvalue weighted by atomic mass is 19.1. The van der Waals surface area contributed by atoms with Crippen LogP contribution in [0.3, 0.4) is 0 Å². The third-order valence-electron chi connectivity index (χ3n) is 6.87. The number of aromatic nitrogens is 1. The number of benzene rings is 1. The second-order valence-electron chi connectivity index (χ2n) is 9.17. The average molecular weight is 514 g/mol. The maximum absolute atomic E-state index is 15.0. The number of aromatic amines is 1. The van der Waals surface area contributed by atoms with Gasteiger partial charge in [-0.15, -0.1) is 0 Å². The highest BCUT2D eigenvalue weighted by Gasteiger charge is 2.47. The fraction of sp³-hybridized carbons (Fsp3) is 0.444. The summed E-state index contributed by atoms with van der Waals surface area (Å²) in [7, 11) is 0. The van der Waals surface area contributed by atoms with Crippen molar-refractivity contribution in [2.24, 2.45) is 0 Å². The van der Waals surface area contributed by atoms with E-state index in [2.05, 4.69) is 9.88 Å². The summed E-state index contributed by atoms with van der Waals surface area (Å²) in [6.45, 7) is 8.84. The minimum atomic E-state index is -1.11. The Hall–Kier alpha value is -3.50. The third kappa shape index (κ3) is 5.17. The Labute approximate surface area is 214 Å². The third-order valence-corrected chi connectivity index (χ3v) is 6.87. The highest BCUT2D eigenvalue weighted by molar-refractivity contribution is 6.46. The summed E-state index contributed by atoms with van der Waals surface area (Å²) in [6, 6.07) is 4.81. The number of esters is 1. The number of nitrogens with one attached hydrogen (secondary N) is 1. The number of carbonyl (C=O) groups excluding carboxylic acids is 3. The molecule has 0 spiro atoms. The number of carbonyl (C=O) groups is 3. The molecule has 0 aliphatic carbocycles. The summed E-state index contributed by atoms with van der Waals surface area (Å²) in [5.41, 5.74) is 1.06. The van der Waals surface area contributed by atoms with Gasteiger partial charge in [-0.2, -0.15) is 0 Å². The summed E-state index contributed by atoms with van der Waals surface area (Å²) >= 11 is 0. The van der Waals surface area contributed by atoms with E-state index in [0.29, 0.717) is 37.4 Å². The van der Waals surface area contributed by atoms with Crippen molar-refractivity contribution in [2.45, 2.75) is 33.2 Å². The van der Waals surface area contributed by atoms with Gasteiger partial charge in [0.25, 0.3) is 11.7 Å². The molecule has 0 radical (unpaired) electrons. The quantitative estimate of drug-likeness (QED) is 0.241. The Bertz CT molecular complexity index is 1230. The van der Waals surface area contributed by atoms with Crippen LogP contribution in [0.2, 0.25) is 0 Å². The normalized spacial score (nSPS) is 20.0. The minimum Gasteiger partial charge on any atom is -0.507 e. The lowest BCUT2D eigenvalue weighted by molar-refractivity contribution is -0.140. The lowest BCUT2D eigenvalue weighted by Gasteiger charge is -2.29. The standard InChI is InChI=1S/C27H32FN3O6/c1-4-37-27(35)22-16(2)20(17(3)29-22)24(32)21-23(18-8-5-6-9-19(18)28)31(26(34)25(21)33)11-7-10-30-12-14-36-15-13-30/h5-6,8-9,23,29,32H,4,7,10-15H2,1-3H3. The van der Waals surface area contributed by atoms with Crippen molar-refractivity contribution in [3.8, 4) is 0 Å². The first kappa shape index (κ1) is 26.6. The molecule has 2 N–H and O–H groups in total. The maximum atomic E-state index is 15.0. The number of aliphatic hydroxyl groups excluding tert-OH is 1. The number of rotatable bonds is 8. The number of morpholine rings is 1. The highest BCUT2D eigenvalue weighted by Crippen LogP contribution is 2.41. The minimum absolute atomic E-state index is 0.117. The van der Waals surface area contributed by atoms with Crippen LogP contribution in [-0.2, 0) is 19.1 Å². The van der Waals surface area contributed by atoms with Crippen LogP contribution in [0.15, 0.2) is 29.8 Å². The van der Waals surface area contributed by atoms with Crippen molar-refractivity contribution in [3.63, 3.8) is 0 Å². The Kier molecular flexibility index (Phi) is 8.09. The van der Waals surface area contributed by atoms with Crippen molar-refractivity contribution in [1.82, 2.24) is 14.8 Å². The second-order valence-corrected chi connectivity index (χ2v) is 9.17. The van der Waals surface area contributed by atoms with Crippen LogP contribution in [0.1, 0.15) is 52.3 Å². The number of H-pyrrole nitrogens is 1. The molecular weight excluding hydrogens is 481 g/mol. The number of likely N-dealkylation sites (tertiary alicyclic amines) is 1. The molecule has 198 valence electrons. The number of aliphatic hydroxyl groups is 1. The van der Waals surface area contributed by atoms with Crippen LogP contribution in [0, 0.1) is 19.7 Å². The van der Waals surface area contributed by atoms with Gasteiger partial charge in [0, 0.05) is 43.0 Å². The van der Waals surface area contributed by atoms with Gasteiger partial charge in [-0.05, 0) is 38.8 Å². The van der Waals surface area contributed by atoms with E-state index in [1.807, 2.05) is 0 Å². The molecule has 1 unspecified atom stereocenters. The number of hydrogen-bond acceptors (Lipinski definition) is 7. The molecule has 0 saturated carbocycles. The Morgan fingerprint density at radius 3 is 2.57 bits per heavy atom. The fourth-order valence-corrected chi connectivity index (χ4v) is 5.07. The molecule has 37 heavy (non-hydrogen) atoms. The van der Waals surface area contributed by atoms with Gasteiger partial charge in [-0.3, -0.25) is 14.5 Å². The van der Waals surface area contributed by atoms with Gasteiger partial charge in [-0.25, -0.2) is 9.18 Å². The molecule has 2 aromatic rings. The smallest absolute Gasteiger partial charge is 0.355 e. The van der Waals surface area contributed by atoms with E-state index in [9.17, 15) is 19.5 Å². The molecule has 2 saturated heterocycles. The van der Waals surface area contributed by atoms with Crippen molar-refractivity contribution < 1.29 is 33.4 Å². The average Bonchev–Trinajstić information content (AvgIpc) is 3.32. The van der Waals surface area contributed by atoms with Crippen LogP contribution >= 0.6 is 0 Å². The van der Waals surface area contributed by atoms with Gasteiger partial charge in [0.15, 0.2) is 0 Å². The molecule has 2 aliphatic heterocycles. The molecule has 1 atom stereocenters. The summed E-state index contributed by atoms with van der Waals surface area (Å²) < 4.78 is 25.5. The van der Waals surface area contributed by atoms with E-state index < -0.39 is 35.3 Å². The molecule has 1 amide bonds. The lowest BCUT2D eigenvalue weighted by atomic mass is 9.93. The SMILES string of the molecule is CCOC(=O)c1[nH]c(C)c(C(O)=C2C(=O)C(=O)N(CCCN3CCOCC3)C2c2ccccc2F)c1C. The van der Waals surface area contributed by atoms with E-state index in [4.69, 9.17) is 9.47 Å². The largest absolute Gasteiger partial charge is 0.507 e. The molecule has 10 heteroatoms. The number of hydrogen-bond donors (Lipinski definition) is 2. The number of amides is 1. The number of ether oxygens (including phenoxy) is 2. The van der Waals surface area contributed by atoms with Crippen molar-refractivity contribution in [3.05, 3.63) is 63.7 Å². The van der Waals surface area contributed by atoms with Crippen molar-refractivity contribution >= 4 is 23.4 Å². The van der Waals surface area contributed by atoms with Gasteiger partial charge in [0.2, 0.25) is 0 Å². The summed E-state index contributed by atoms with van der Waals surface area (Å²) in [5.74, 6) is -3.34. The molecule has 3 heterocycles. The van der Waals surface area contributed by atoms with Gasteiger partial charge in [-0.1, -0.05) is 18.2 Å². The number of aryl methyl sites for hydroxylation is 1. The number of nitrogens with zero attached hydrogens (tertiary/aromatic N) is 2. The Morgan fingerprint density at radius 2 is 1.89 bits per heavy atom. The molecule has 2 fully saturated rings. The zero-order chi connectivity index (χ0) is 26.7. The zero-order valence-corrected chi connectivity index (χ0v) is 21.3. The van der Waals surface area contributed by atoms with E-state index in [-0.39, 0.29) is 35.5 Å². The first-order valence-electron chi connectivity index (χ1n) is 12.5. The van der Waals surface area contributed by atoms with Gasteiger partial charge in [0.05, 0.1) is 31.4 Å². The molecule has 2 aliphatic rings. The van der Waals surface area contributed by atoms with E-state index in [0.717, 1.165) is 13.1 Å².